The van der Waals surface area contributed by atoms with Crippen molar-refractivity contribution in [1.29, 1.82) is 0 Å². The number of hydrogen-bond donors (Lipinski definition) is 0. The van der Waals surface area contributed by atoms with Gasteiger partial charge in [-0.3, -0.25) is 0 Å². The summed E-state index contributed by atoms with van der Waals surface area (Å²) in [6.07, 6.45) is 1.21. The molecule has 0 bridgehead atoms. The van der Waals surface area contributed by atoms with Gasteiger partial charge in [0.2, 0.25) is 12.1 Å². The molecule has 0 atom stereocenters. The van der Waals surface area contributed by atoms with Crippen molar-refractivity contribution in [2.45, 2.75) is 0 Å². The van der Waals surface area contributed by atoms with Crippen LogP contribution in [0.4, 0.5) is 11.6 Å². The summed E-state index contributed by atoms with van der Waals surface area (Å²) in [7, 11) is 1.50. The van der Waals surface area contributed by atoms with E-state index in [0.717, 1.165) is 0 Å². The van der Waals surface area contributed by atoms with Crippen LogP contribution in [0, 0.1) is 10.1 Å². The monoisotopic (exact) mass is 168 g/mol. The summed E-state index contributed by atoms with van der Waals surface area (Å²) in [6.45, 7) is 0. The molecule has 0 saturated heterocycles. The third-order valence-corrected chi connectivity index (χ3v) is 1.20. The van der Waals surface area contributed by atoms with Gasteiger partial charge in [-0.05, 0) is 20.6 Å². The Balaban J connectivity index is 3.30. The highest BCUT2D eigenvalue weighted by Gasteiger charge is 2.17. The molecule has 0 aliphatic rings. The number of rotatable bonds is 2. The molecule has 8 nitrogen and oxygen atoms in total. The molecule has 0 aromatic carbocycles. The molecule has 0 aliphatic heterocycles. The fourth-order valence-electron chi connectivity index (χ4n) is 0.698. The Labute approximate surface area is 66.2 Å². The first-order valence-electron chi connectivity index (χ1n) is 2.87. The first-order chi connectivity index (χ1) is 5.66. The molecule has 8 heteroatoms. The third-order valence-electron chi connectivity index (χ3n) is 1.20. The predicted octanol–water partition coefficient (Wildman–Crippen LogP) is 1.27. The van der Waals surface area contributed by atoms with E-state index in [1.807, 2.05) is 0 Å². The topological polar surface area (TPSA) is 110 Å². The van der Waals surface area contributed by atoms with Crippen molar-refractivity contribution in [3.05, 3.63) is 26.9 Å². The second-order valence-corrected chi connectivity index (χ2v) is 1.95. The summed E-state index contributed by atoms with van der Waals surface area (Å²) in [5.74, 6) is -0.530. The average Bonchev–Trinajstić information content (AvgIpc) is 2.34. The Hall–Kier alpha value is -2.08. The van der Waals surface area contributed by atoms with Crippen molar-refractivity contribution >= 4 is 11.6 Å². The molecule has 0 aliphatic carbocycles. The molecule has 0 spiro atoms. The molecule has 0 unspecified atom stereocenters. The summed E-state index contributed by atoms with van der Waals surface area (Å²) >= 11 is 0. The number of imidazole rings is 1. The Kier molecular flexibility index (Phi) is 1.93. The van der Waals surface area contributed by atoms with Crippen LogP contribution in [0.1, 0.15) is 0 Å². The second-order valence-electron chi connectivity index (χ2n) is 1.95. The minimum atomic E-state index is -0.704. The predicted molar refractivity (Wildman–Crippen MR) is 38.7 cm³/mol. The number of nitrogens with zero attached hydrogens (tertiary/aromatic N) is 6. The van der Waals surface area contributed by atoms with E-state index in [2.05, 4.69) is 15.0 Å². The van der Waals surface area contributed by atoms with Gasteiger partial charge in [0.1, 0.15) is 0 Å². The molecule has 12 heavy (non-hydrogen) atoms. The lowest BCUT2D eigenvalue weighted by Crippen LogP contribution is -1.88. The first-order valence-corrected chi connectivity index (χ1v) is 2.87. The number of hydrogen-bond acceptors (Lipinski definition) is 4. The van der Waals surface area contributed by atoms with Gasteiger partial charge in [0.25, 0.3) is 0 Å². The Bertz CT molecular complexity index is 362. The Morgan fingerprint density at radius 2 is 2.58 bits per heavy atom. The largest absolute Gasteiger partial charge is 0.391 e. The van der Waals surface area contributed by atoms with Crippen LogP contribution in [0.2, 0.25) is 0 Å². The lowest BCUT2D eigenvalue weighted by molar-refractivity contribution is -0.388. The molecule has 1 heterocycles. The normalized spacial score (nSPS) is 9.08. The summed E-state index contributed by atoms with van der Waals surface area (Å²) < 4.78 is 1.28. The molecule has 62 valence electrons. The van der Waals surface area contributed by atoms with E-state index in [1.54, 1.807) is 0 Å². The zero-order valence-electron chi connectivity index (χ0n) is 6.08. The van der Waals surface area contributed by atoms with Gasteiger partial charge >= 0.3 is 5.82 Å². The first kappa shape index (κ1) is 8.02. The molecule has 1 rings (SSSR count). The van der Waals surface area contributed by atoms with Crippen molar-refractivity contribution in [3.63, 3.8) is 0 Å². The van der Waals surface area contributed by atoms with Crippen molar-refractivity contribution in [2.75, 3.05) is 0 Å². The molecular weight excluding hydrogens is 164 g/mol. The van der Waals surface area contributed by atoms with Crippen LogP contribution >= 0.6 is 0 Å². The quantitative estimate of drug-likeness (QED) is 0.218. The van der Waals surface area contributed by atoms with Crippen LogP contribution in [-0.2, 0) is 7.05 Å². The zero-order valence-corrected chi connectivity index (χ0v) is 6.08. The maximum atomic E-state index is 10.3. The van der Waals surface area contributed by atoms with Crippen LogP contribution in [-0.4, -0.2) is 14.5 Å². The highest BCUT2D eigenvalue weighted by atomic mass is 16.6. The van der Waals surface area contributed by atoms with Gasteiger partial charge in [0, 0.05) is 12.0 Å². The zero-order chi connectivity index (χ0) is 9.14. The minimum absolute atomic E-state index is 0.0949. The van der Waals surface area contributed by atoms with Gasteiger partial charge in [-0.25, -0.2) is 0 Å². The average molecular weight is 168 g/mol. The molecule has 0 saturated carbocycles. The minimum Gasteiger partial charge on any atom is -0.358 e. The molecule has 0 N–H and O–H groups in total. The smallest absolute Gasteiger partial charge is 0.358 e. The van der Waals surface area contributed by atoms with Gasteiger partial charge in [-0.15, -0.1) is 0 Å². The molecule has 0 amide bonds. The van der Waals surface area contributed by atoms with Crippen molar-refractivity contribution in [3.8, 4) is 0 Å². The van der Waals surface area contributed by atoms with Crippen molar-refractivity contribution in [2.24, 2.45) is 12.2 Å². The maximum Gasteiger partial charge on any atom is 0.391 e. The molecular formula is C4H4N6O2. The van der Waals surface area contributed by atoms with Crippen molar-refractivity contribution in [1.82, 2.24) is 9.55 Å². The summed E-state index contributed by atoms with van der Waals surface area (Å²) in [6, 6.07) is 0. The molecule has 1 aromatic rings. The van der Waals surface area contributed by atoms with E-state index in [0.29, 0.717) is 0 Å². The number of nitro groups is 1. The van der Waals surface area contributed by atoms with E-state index in [4.69, 9.17) is 5.53 Å². The van der Waals surface area contributed by atoms with E-state index < -0.39 is 10.7 Å². The molecule has 0 fully saturated rings. The Morgan fingerprint density at radius 3 is 3.08 bits per heavy atom. The summed E-state index contributed by atoms with van der Waals surface area (Å²) in [4.78, 5) is 15.4. The Morgan fingerprint density at radius 1 is 1.92 bits per heavy atom. The highest BCUT2D eigenvalue weighted by Crippen LogP contribution is 2.23. The molecule has 1 aromatic heterocycles. The van der Waals surface area contributed by atoms with E-state index in [-0.39, 0.29) is 5.82 Å². The molecule has 0 radical (unpaired) electrons. The van der Waals surface area contributed by atoms with Crippen molar-refractivity contribution < 1.29 is 4.92 Å². The number of azide groups is 1. The van der Waals surface area contributed by atoms with Gasteiger partial charge in [-0.2, -0.15) is 0 Å². The fraction of sp³-hybridized carbons (Fsp3) is 0.250. The standard InChI is InChI=1S/C4H4N6O2/c1-9-2-6-3(10(11)12)4(9)7-8-5/h2H,1H3. The van der Waals surface area contributed by atoms with E-state index in [9.17, 15) is 10.1 Å². The fourth-order valence-corrected chi connectivity index (χ4v) is 0.698. The van der Waals surface area contributed by atoms with Gasteiger partial charge in [-0.1, -0.05) is 0 Å². The third kappa shape index (κ3) is 1.18. The van der Waals surface area contributed by atoms with E-state index in [1.165, 1.54) is 17.9 Å². The number of aryl methyl sites for hydroxylation is 1. The highest BCUT2D eigenvalue weighted by molar-refractivity contribution is 5.46. The van der Waals surface area contributed by atoms with Gasteiger partial charge in [0.05, 0.1) is 0 Å². The van der Waals surface area contributed by atoms with Crippen LogP contribution in [0.3, 0.4) is 0 Å². The maximum absolute atomic E-state index is 10.3. The van der Waals surface area contributed by atoms with Crippen LogP contribution in [0.5, 0.6) is 0 Å². The van der Waals surface area contributed by atoms with Gasteiger partial charge < -0.3 is 14.7 Å². The second kappa shape index (κ2) is 2.89. The summed E-state index contributed by atoms with van der Waals surface area (Å²) in [5, 5.41) is 13.4. The lowest BCUT2D eigenvalue weighted by atomic mass is 10.6. The number of aromatic nitrogens is 2. The van der Waals surface area contributed by atoms with Crippen LogP contribution < -0.4 is 0 Å². The van der Waals surface area contributed by atoms with Crippen LogP contribution in [0.25, 0.3) is 10.4 Å². The van der Waals surface area contributed by atoms with Gasteiger partial charge in [0.15, 0.2) is 0 Å². The summed E-state index contributed by atoms with van der Waals surface area (Å²) in [5.41, 5.74) is 8.06. The SMILES string of the molecule is Cn1cnc([N+](=O)[O-])c1N=[N+]=[N-]. The van der Waals surface area contributed by atoms with Crippen LogP contribution in [0.15, 0.2) is 11.4 Å². The lowest BCUT2D eigenvalue weighted by Gasteiger charge is -1.91. The van der Waals surface area contributed by atoms with E-state index >= 15 is 0 Å².